The van der Waals surface area contributed by atoms with Gasteiger partial charge < -0.3 is 11.1 Å². The van der Waals surface area contributed by atoms with Crippen LogP contribution in [0.1, 0.15) is 45.4 Å². The fourth-order valence-corrected chi connectivity index (χ4v) is 2.60. The first-order chi connectivity index (χ1) is 7.18. The van der Waals surface area contributed by atoms with Crippen molar-refractivity contribution in [1.82, 2.24) is 5.32 Å². The molecule has 2 aliphatic rings. The fraction of sp³-hybridized carbons (Fsp3) is 0.917. The van der Waals surface area contributed by atoms with Crippen molar-refractivity contribution < 1.29 is 4.79 Å². The highest BCUT2D eigenvalue weighted by molar-refractivity contribution is 5.83. The minimum atomic E-state index is -0.236. The molecule has 0 aromatic rings. The molecule has 0 aromatic carbocycles. The Balaban J connectivity index is 1.94. The van der Waals surface area contributed by atoms with Gasteiger partial charge in [-0.25, -0.2) is 0 Å². The van der Waals surface area contributed by atoms with E-state index < -0.39 is 0 Å². The van der Waals surface area contributed by atoms with Gasteiger partial charge in [0.05, 0.1) is 5.41 Å². The summed E-state index contributed by atoms with van der Waals surface area (Å²) in [7, 11) is 0. The van der Waals surface area contributed by atoms with Crippen LogP contribution in [0.2, 0.25) is 0 Å². The third-order valence-corrected chi connectivity index (χ3v) is 4.11. The lowest BCUT2D eigenvalue weighted by molar-refractivity contribution is -0.132. The van der Waals surface area contributed by atoms with Crippen molar-refractivity contribution in [2.75, 3.05) is 6.54 Å². The molecule has 2 saturated carbocycles. The Morgan fingerprint density at radius 1 is 1.40 bits per heavy atom. The highest BCUT2D eigenvalue weighted by atomic mass is 16.2. The van der Waals surface area contributed by atoms with Crippen LogP contribution in [-0.2, 0) is 4.79 Å². The van der Waals surface area contributed by atoms with Gasteiger partial charge in [0.15, 0.2) is 0 Å². The van der Waals surface area contributed by atoms with Gasteiger partial charge in [0.1, 0.15) is 0 Å². The minimum Gasteiger partial charge on any atom is -0.353 e. The van der Waals surface area contributed by atoms with Crippen LogP contribution < -0.4 is 11.1 Å². The van der Waals surface area contributed by atoms with Crippen LogP contribution in [0, 0.1) is 11.3 Å². The molecule has 2 fully saturated rings. The topological polar surface area (TPSA) is 55.1 Å². The molecule has 0 saturated heterocycles. The molecule has 2 rings (SSSR count). The van der Waals surface area contributed by atoms with Crippen LogP contribution >= 0.6 is 0 Å². The second kappa shape index (κ2) is 4.12. The van der Waals surface area contributed by atoms with Crippen molar-refractivity contribution in [3.05, 3.63) is 0 Å². The first kappa shape index (κ1) is 10.9. The first-order valence-electron chi connectivity index (χ1n) is 6.19. The van der Waals surface area contributed by atoms with Crippen molar-refractivity contribution in [3.63, 3.8) is 0 Å². The van der Waals surface area contributed by atoms with E-state index in [0.717, 1.165) is 32.1 Å². The summed E-state index contributed by atoms with van der Waals surface area (Å²) in [6, 6.07) is 0.433. The Kier molecular flexibility index (Phi) is 3.01. The molecule has 0 aromatic heterocycles. The van der Waals surface area contributed by atoms with E-state index >= 15 is 0 Å². The summed E-state index contributed by atoms with van der Waals surface area (Å²) in [6.07, 6.45) is 6.68. The summed E-state index contributed by atoms with van der Waals surface area (Å²) in [5, 5.41) is 3.15. The fourth-order valence-electron chi connectivity index (χ4n) is 2.60. The van der Waals surface area contributed by atoms with Gasteiger partial charge in [-0.05, 0) is 25.2 Å². The number of hydrogen-bond donors (Lipinski definition) is 2. The van der Waals surface area contributed by atoms with Crippen molar-refractivity contribution >= 4 is 5.91 Å². The number of rotatable bonds is 3. The Morgan fingerprint density at radius 2 is 2.00 bits per heavy atom. The standard InChI is InChI=1S/C12H22N2O/c1-9-7-10(9)14-11(15)12(8-13)5-3-2-4-6-12/h9-10H,2-8,13H2,1H3,(H,14,15). The number of hydrogen-bond acceptors (Lipinski definition) is 2. The zero-order valence-electron chi connectivity index (χ0n) is 9.59. The van der Waals surface area contributed by atoms with Crippen molar-refractivity contribution in [2.45, 2.75) is 51.5 Å². The zero-order valence-corrected chi connectivity index (χ0v) is 9.59. The van der Waals surface area contributed by atoms with E-state index in [2.05, 4.69) is 12.2 Å². The summed E-state index contributed by atoms with van der Waals surface area (Å²) in [4.78, 5) is 12.2. The highest BCUT2D eigenvalue weighted by Crippen LogP contribution is 2.37. The van der Waals surface area contributed by atoms with Gasteiger partial charge in [0, 0.05) is 12.6 Å². The number of nitrogens with two attached hydrogens (primary N) is 1. The molecule has 3 heteroatoms. The van der Waals surface area contributed by atoms with E-state index in [0.29, 0.717) is 18.5 Å². The predicted octanol–water partition coefficient (Wildman–Crippen LogP) is 1.42. The molecule has 0 bridgehead atoms. The Bertz CT molecular complexity index is 246. The predicted molar refractivity (Wildman–Crippen MR) is 60.3 cm³/mol. The van der Waals surface area contributed by atoms with Gasteiger partial charge in [-0.2, -0.15) is 0 Å². The second-order valence-electron chi connectivity index (χ2n) is 5.34. The van der Waals surface area contributed by atoms with Crippen LogP contribution in [0.25, 0.3) is 0 Å². The SMILES string of the molecule is CC1CC1NC(=O)C1(CN)CCCCC1. The molecule has 3 nitrogen and oxygen atoms in total. The van der Waals surface area contributed by atoms with Crippen LogP contribution in [0.4, 0.5) is 0 Å². The van der Waals surface area contributed by atoms with Crippen molar-refractivity contribution in [3.8, 4) is 0 Å². The van der Waals surface area contributed by atoms with Crippen LogP contribution in [0.5, 0.6) is 0 Å². The maximum Gasteiger partial charge on any atom is 0.227 e. The van der Waals surface area contributed by atoms with Crippen molar-refractivity contribution in [2.24, 2.45) is 17.1 Å². The molecule has 86 valence electrons. The number of carbonyl (C=O) groups excluding carboxylic acids is 1. The first-order valence-corrected chi connectivity index (χ1v) is 6.19. The van der Waals surface area contributed by atoms with E-state index in [-0.39, 0.29) is 11.3 Å². The van der Waals surface area contributed by atoms with Gasteiger partial charge in [-0.1, -0.05) is 26.2 Å². The van der Waals surface area contributed by atoms with Crippen LogP contribution in [0.15, 0.2) is 0 Å². The molecule has 0 radical (unpaired) electrons. The third-order valence-electron chi connectivity index (χ3n) is 4.11. The van der Waals surface area contributed by atoms with Crippen LogP contribution in [0.3, 0.4) is 0 Å². The smallest absolute Gasteiger partial charge is 0.227 e. The summed E-state index contributed by atoms with van der Waals surface area (Å²) < 4.78 is 0. The van der Waals surface area contributed by atoms with E-state index in [1.165, 1.54) is 6.42 Å². The Morgan fingerprint density at radius 3 is 2.47 bits per heavy atom. The lowest BCUT2D eigenvalue weighted by Gasteiger charge is -2.34. The summed E-state index contributed by atoms with van der Waals surface area (Å²) in [5.41, 5.74) is 5.57. The van der Waals surface area contributed by atoms with Gasteiger partial charge in [-0.3, -0.25) is 4.79 Å². The Labute approximate surface area is 91.8 Å². The molecule has 0 heterocycles. The zero-order chi connectivity index (χ0) is 10.9. The summed E-state index contributed by atoms with van der Waals surface area (Å²) in [6.45, 7) is 2.70. The van der Waals surface area contributed by atoms with Gasteiger partial charge >= 0.3 is 0 Å². The molecule has 2 unspecified atom stereocenters. The molecule has 3 N–H and O–H groups in total. The molecule has 0 aliphatic heterocycles. The largest absolute Gasteiger partial charge is 0.353 e. The Hall–Kier alpha value is -0.570. The summed E-state index contributed by atoms with van der Waals surface area (Å²) >= 11 is 0. The molecule has 2 atom stereocenters. The van der Waals surface area contributed by atoms with E-state index in [1.807, 2.05) is 0 Å². The third kappa shape index (κ3) is 2.17. The van der Waals surface area contributed by atoms with E-state index in [4.69, 9.17) is 5.73 Å². The van der Waals surface area contributed by atoms with Crippen molar-refractivity contribution in [1.29, 1.82) is 0 Å². The minimum absolute atomic E-state index is 0.221. The van der Waals surface area contributed by atoms with Crippen LogP contribution in [-0.4, -0.2) is 18.5 Å². The molecular weight excluding hydrogens is 188 g/mol. The van der Waals surface area contributed by atoms with Gasteiger partial charge in [0.25, 0.3) is 0 Å². The summed E-state index contributed by atoms with van der Waals surface area (Å²) in [5.74, 6) is 0.895. The average molecular weight is 210 g/mol. The lowest BCUT2D eigenvalue weighted by Crippen LogP contribution is -2.48. The number of carbonyl (C=O) groups is 1. The quantitative estimate of drug-likeness (QED) is 0.740. The normalized spacial score (nSPS) is 33.5. The lowest BCUT2D eigenvalue weighted by atomic mass is 9.73. The second-order valence-corrected chi connectivity index (χ2v) is 5.34. The molecule has 0 spiro atoms. The number of amides is 1. The van der Waals surface area contributed by atoms with E-state index in [1.54, 1.807) is 0 Å². The number of nitrogens with one attached hydrogen (secondary N) is 1. The highest BCUT2D eigenvalue weighted by Gasteiger charge is 2.42. The van der Waals surface area contributed by atoms with Gasteiger partial charge in [0.2, 0.25) is 5.91 Å². The average Bonchev–Trinajstić information content (AvgIpc) is 2.95. The molecular formula is C12H22N2O. The molecule has 15 heavy (non-hydrogen) atoms. The molecule has 2 aliphatic carbocycles. The maximum atomic E-state index is 12.2. The molecule has 1 amide bonds. The van der Waals surface area contributed by atoms with Gasteiger partial charge in [-0.15, -0.1) is 0 Å². The maximum absolute atomic E-state index is 12.2. The van der Waals surface area contributed by atoms with E-state index in [9.17, 15) is 4.79 Å². The monoisotopic (exact) mass is 210 g/mol.